The smallest absolute Gasteiger partial charge is 0.109 e. The first-order chi connectivity index (χ1) is 6.68. The SMILES string of the molecule is CC(C(N)Cc1nccn1C)C1CC1. The highest BCUT2D eigenvalue weighted by Gasteiger charge is 2.31. The molecule has 1 saturated carbocycles. The van der Waals surface area contributed by atoms with Gasteiger partial charge in [-0.2, -0.15) is 0 Å². The monoisotopic (exact) mass is 193 g/mol. The van der Waals surface area contributed by atoms with E-state index in [2.05, 4.69) is 16.5 Å². The molecule has 0 aliphatic heterocycles. The topological polar surface area (TPSA) is 43.8 Å². The summed E-state index contributed by atoms with van der Waals surface area (Å²) in [5, 5.41) is 0. The molecule has 3 heteroatoms. The van der Waals surface area contributed by atoms with Crippen molar-refractivity contribution < 1.29 is 0 Å². The van der Waals surface area contributed by atoms with Gasteiger partial charge in [-0.05, 0) is 24.7 Å². The molecule has 1 heterocycles. The number of nitrogens with two attached hydrogens (primary N) is 1. The zero-order chi connectivity index (χ0) is 10.1. The molecule has 2 rings (SSSR count). The quantitative estimate of drug-likeness (QED) is 0.784. The lowest BCUT2D eigenvalue weighted by Gasteiger charge is -2.18. The van der Waals surface area contributed by atoms with Crippen LogP contribution in [-0.4, -0.2) is 15.6 Å². The summed E-state index contributed by atoms with van der Waals surface area (Å²) in [5.41, 5.74) is 6.16. The number of aryl methyl sites for hydroxylation is 1. The number of hydrogen-bond acceptors (Lipinski definition) is 2. The summed E-state index contributed by atoms with van der Waals surface area (Å²) in [4.78, 5) is 4.30. The van der Waals surface area contributed by atoms with Crippen molar-refractivity contribution in [3.05, 3.63) is 18.2 Å². The van der Waals surface area contributed by atoms with Crippen molar-refractivity contribution in [1.29, 1.82) is 0 Å². The number of hydrogen-bond donors (Lipinski definition) is 1. The Morgan fingerprint density at radius 2 is 2.36 bits per heavy atom. The van der Waals surface area contributed by atoms with Crippen LogP contribution in [0.25, 0.3) is 0 Å². The second kappa shape index (κ2) is 3.73. The molecule has 2 atom stereocenters. The van der Waals surface area contributed by atoms with Gasteiger partial charge < -0.3 is 10.3 Å². The van der Waals surface area contributed by atoms with E-state index in [9.17, 15) is 0 Å². The Morgan fingerprint density at radius 1 is 1.64 bits per heavy atom. The van der Waals surface area contributed by atoms with Crippen LogP contribution in [0.1, 0.15) is 25.6 Å². The third-order valence-corrected chi connectivity index (χ3v) is 3.38. The molecule has 78 valence electrons. The van der Waals surface area contributed by atoms with Crippen LogP contribution < -0.4 is 5.73 Å². The Kier molecular flexibility index (Phi) is 2.59. The lowest BCUT2D eigenvalue weighted by molar-refractivity contribution is 0.397. The summed E-state index contributed by atoms with van der Waals surface area (Å²) in [6.45, 7) is 2.27. The van der Waals surface area contributed by atoms with Crippen molar-refractivity contribution in [2.75, 3.05) is 0 Å². The fourth-order valence-electron chi connectivity index (χ4n) is 1.96. The maximum atomic E-state index is 6.16. The Morgan fingerprint density at radius 3 is 2.86 bits per heavy atom. The molecule has 2 unspecified atom stereocenters. The normalized spacial score (nSPS) is 20.8. The van der Waals surface area contributed by atoms with Gasteiger partial charge in [0.2, 0.25) is 0 Å². The molecule has 2 N–H and O–H groups in total. The third kappa shape index (κ3) is 1.98. The van der Waals surface area contributed by atoms with Gasteiger partial charge in [0.05, 0.1) is 0 Å². The van der Waals surface area contributed by atoms with Crippen LogP contribution in [0.5, 0.6) is 0 Å². The maximum absolute atomic E-state index is 6.16. The van der Waals surface area contributed by atoms with Gasteiger partial charge in [-0.3, -0.25) is 0 Å². The average Bonchev–Trinajstić information content (AvgIpc) is 2.92. The third-order valence-electron chi connectivity index (χ3n) is 3.38. The minimum absolute atomic E-state index is 0.267. The average molecular weight is 193 g/mol. The molecule has 1 fully saturated rings. The zero-order valence-corrected chi connectivity index (χ0v) is 8.98. The number of aromatic nitrogens is 2. The van der Waals surface area contributed by atoms with E-state index in [1.807, 2.05) is 19.4 Å². The van der Waals surface area contributed by atoms with E-state index in [0.717, 1.165) is 18.2 Å². The Labute approximate surface area is 85.3 Å². The fraction of sp³-hybridized carbons (Fsp3) is 0.727. The van der Waals surface area contributed by atoms with Crippen molar-refractivity contribution in [1.82, 2.24) is 9.55 Å². The van der Waals surface area contributed by atoms with Crippen LogP contribution in [0, 0.1) is 11.8 Å². The highest BCUT2D eigenvalue weighted by atomic mass is 15.0. The predicted molar refractivity (Wildman–Crippen MR) is 56.8 cm³/mol. The summed E-state index contributed by atoms with van der Waals surface area (Å²) < 4.78 is 2.06. The van der Waals surface area contributed by atoms with E-state index in [1.54, 1.807) is 0 Å². The van der Waals surface area contributed by atoms with Gasteiger partial charge in [-0.1, -0.05) is 6.92 Å². The first kappa shape index (κ1) is 9.71. The molecular formula is C11H19N3. The highest BCUT2D eigenvalue weighted by Crippen LogP contribution is 2.38. The zero-order valence-electron chi connectivity index (χ0n) is 8.98. The van der Waals surface area contributed by atoms with Crippen LogP contribution in [0.15, 0.2) is 12.4 Å². The number of imidazole rings is 1. The first-order valence-corrected chi connectivity index (χ1v) is 5.40. The van der Waals surface area contributed by atoms with Gasteiger partial charge in [0.25, 0.3) is 0 Å². The molecule has 0 radical (unpaired) electrons. The van der Waals surface area contributed by atoms with Crippen LogP contribution in [0.3, 0.4) is 0 Å². The van der Waals surface area contributed by atoms with Crippen molar-refractivity contribution >= 4 is 0 Å². The van der Waals surface area contributed by atoms with Crippen LogP contribution in [0.4, 0.5) is 0 Å². The first-order valence-electron chi connectivity index (χ1n) is 5.40. The molecule has 1 aliphatic rings. The van der Waals surface area contributed by atoms with E-state index in [-0.39, 0.29) is 6.04 Å². The van der Waals surface area contributed by atoms with E-state index < -0.39 is 0 Å². The van der Waals surface area contributed by atoms with Gasteiger partial charge in [0, 0.05) is 31.9 Å². The van der Waals surface area contributed by atoms with Crippen LogP contribution >= 0.6 is 0 Å². The molecule has 1 aliphatic carbocycles. The van der Waals surface area contributed by atoms with E-state index >= 15 is 0 Å². The lowest BCUT2D eigenvalue weighted by Crippen LogP contribution is -2.32. The van der Waals surface area contributed by atoms with E-state index in [0.29, 0.717) is 5.92 Å². The molecule has 0 bridgehead atoms. The minimum atomic E-state index is 0.267. The molecule has 0 spiro atoms. The summed E-state index contributed by atoms with van der Waals surface area (Å²) in [7, 11) is 2.02. The second-order valence-electron chi connectivity index (χ2n) is 4.52. The summed E-state index contributed by atoms with van der Waals surface area (Å²) in [6, 6.07) is 0.267. The Hall–Kier alpha value is -0.830. The molecule has 0 saturated heterocycles. The lowest BCUT2D eigenvalue weighted by atomic mass is 9.95. The number of rotatable bonds is 4. The second-order valence-corrected chi connectivity index (χ2v) is 4.52. The standard InChI is InChI=1S/C11H19N3/c1-8(9-3-4-9)10(12)7-11-13-5-6-14(11)2/h5-6,8-10H,3-4,7,12H2,1-2H3. The molecule has 1 aromatic heterocycles. The molecule has 1 aromatic rings. The van der Waals surface area contributed by atoms with Crippen molar-refractivity contribution in [2.24, 2.45) is 24.6 Å². The largest absolute Gasteiger partial charge is 0.338 e. The molecule has 0 aromatic carbocycles. The van der Waals surface area contributed by atoms with Crippen LogP contribution in [-0.2, 0) is 13.5 Å². The van der Waals surface area contributed by atoms with Crippen molar-refractivity contribution in [3.63, 3.8) is 0 Å². The minimum Gasteiger partial charge on any atom is -0.338 e. The van der Waals surface area contributed by atoms with Gasteiger partial charge in [0.1, 0.15) is 5.82 Å². The Bertz CT molecular complexity index is 301. The number of nitrogens with zero attached hydrogens (tertiary/aromatic N) is 2. The molecule has 3 nitrogen and oxygen atoms in total. The summed E-state index contributed by atoms with van der Waals surface area (Å²) >= 11 is 0. The van der Waals surface area contributed by atoms with Gasteiger partial charge in [-0.15, -0.1) is 0 Å². The van der Waals surface area contributed by atoms with Gasteiger partial charge in [0.15, 0.2) is 0 Å². The molecular weight excluding hydrogens is 174 g/mol. The predicted octanol–water partition coefficient (Wildman–Crippen LogP) is 1.34. The van der Waals surface area contributed by atoms with Crippen LogP contribution in [0.2, 0.25) is 0 Å². The summed E-state index contributed by atoms with van der Waals surface area (Å²) in [6.07, 6.45) is 7.46. The highest BCUT2D eigenvalue weighted by molar-refractivity contribution is 4.96. The van der Waals surface area contributed by atoms with E-state index in [4.69, 9.17) is 5.73 Å². The fourth-order valence-corrected chi connectivity index (χ4v) is 1.96. The van der Waals surface area contributed by atoms with Crippen molar-refractivity contribution in [3.8, 4) is 0 Å². The van der Waals surface area contributed by atoms with Crippen molar-refractivity contribution in [2.45, 2.75) is 32.2 Å². The molecule has 14 heavy (non-hydrogen) atoms. The molecule has 0 amide bonds. The Balaban J connectivity index is 1.93. The maximum Gasteiger partial charge on any atom is 0.109 e. The summed E-state index contributed by atoms with van der Waals surface area (Å²) in [5.74, 6) is 2.63. The van der Waals surface area contributed by atoms with E-state index in [1.165, 1.54) is 12.8 Å². The van der Waals surface area contributed by atoms with Gasteiger partial charge >= 0.3 is 0 Å². The van der Waals surface area contributed by atoms with Gasteiger partial charge in [-0.25, -0.2) is 4.98 Å².